The van der Waals surface area contributed by atoms with Crippen LogP contribution in [0.25, 0.3) is 11.3 Å². The van der Waals surface area contributed by atoms with Gasteiger partial charge in [0, 0.05) is 37.1 Å². The minimum Gasteiger partial charge on any atom is -0.269 e. The van der Waals surface area contributed by atoms with Gasteiger partial charge in [-0.05, 0) is 44.6 Å². The molecule has 0 radical (unpaired) electrons. The van der Waals surface area contributed by atoms with Crippen molar-refractivity contribution in [3.63, 3.8) is 0 Å². The van der Waals surface area contributed by atoms with E-state index < -0.39 is 10.2 Å². The molecule has 1 aliphatic carbocycles. The van der Waals surface area contributed by atoms with Gasteiger partial charge in [0.2, 0.25) is 0 Å². The lowest BCUT2D eigenvalue weighted by atomic mass is 9.92. The molecule has 0 spiro atoms. The van der Waals surface area contributed by atoms with Crippen molar-refractivity contribution in [2.24, 2.45) is 0 Å². The van der Waals surface area contributed by atoms with Crippen LogP contribution in [0.1, 0.15) is 44.6 Å². The van der Waals surface area contributed by atoms with Crippen LogP contribution in [-0.2, 0) is 10.2 Å². The highest BCUT2D eigenvalue weighted by Gasteiger charge is 2.30. The molecule has 4 rings (SSSR count). The highest BCUT2D eigenvalue weighted by molar-refractivity contribution is 7.87. The molecule has 1 aliphatic heterocycles. The molecule has 3 heterocycles. The zero-order valence-corrected chi connectivity index (χ0v) is 15.5. The molecular weight excluding hydrogens is 352 g/mol. The first kappa shape index (κ1) is 17.6. The van der Waals surface area contributed by atoms with Gasteiger partial charge in [0.25, 0.3) is 10.2 Å². The standard InChI is InChI=1S/C17H24N6O2S/c24-26(25,22-9-1-2-10-22)21-15-3-5-16(6-4-15)23-12-14(11-20-23)17-7-8-18-13-19-17/h7-8,11-13,15-16,21H,1-6,9-10H2. The fourth-order valence-corrected chi connectivity index (χ4v) is 5.35. The number of aromatic nitrogens is 4. The normalized spacial score (nSPS) is 24.8. The third kappa shape index (κ3) is 3.79. The molecule has 1 saturated carbocycles. The monoisotopic (exact) mass is 376 g/mol. The van der Waals surface area contributed by atoms with Gasteiger partial charge in [0.15, 0.2) is 0 Å². The van der Waals surface area contributed by atoms with Gasteiger partial charge in [-0.25, -0.2) is 9.97 Å². The van der Waals surface area contributed by atoms with E-state index in [1.807, 2.05) is 23.1 Å². The van der Waals surface area contributed by atoms with Gasteiger partial charge in [-0.1, -0.05) is 0 Å². The van der Waals surface area contributed by atoms with Gasteiger partial charge < -0.3 is 0 Å². The zero-order chi connectivity index (χ0) is 18.0. The summed E-state index contributed by atoms with van der Waals surface area (Å²) in [7, 11) is -3.33. The molecule has 0 unspecified atom stereocenters. The summed E-state index contributed by atoms with van der Waals surface area (Å²) in [5, 5.41) is 4.49. The molecule has 1 N–H and O–H groups in total. The first-order valence-electron chi connectivity index (χ1n) is 9.20. The van der Waals surface area contributed by atoms with Crippen LogP contribution in [0.5, 0.6) is 0 Å². The fraction of sp³-hybridized carbons (Fsp3) is 0.588. The summed E-state index contributed by atoms with van der Waals surface area (Å²) < 4.78 is 31.2. The van der Waals surface area contributed by atoms with Gasteiger partial charge in [0.1, 0.15) is 6.33 Å². The molecule has 8 nitrogen and oxygen atoms in total. The van der Waals surface area contributed by atoms with E-state index in [1.165, 1.54) is 6.33 Å². The maximum Gasteiger partial charge on any atom is 0.279 e. The van der Waals surface area contributed by atoms with E-state index in [-0.39, 0.29) is 6.04 Å². The van der Waals surface area contributed by atoms with Crippen LogP contribution >= 0.6 is 0 Å². The van der Waals surface area contributed by atoms with E-state index in [2.05, 4.69) is 19.8 Å². The maximum atomic E-state index is 12.4. The van der Waals surface area contributed by atoms with Crippen LogP contribution in [-0.4, -0.2) is 51.6 Å². The zero-order valence-electron chi connectivity index (χ0n) is 14.7. The molecular formula is C17H24N6O2S. The smallest absolute Gasteiger partial charge is 0.269 e. The lowest BCUT2D eigenvalue weighted by molar-refractivity contribution is 0.290. The summed E-state index contributed by atoms with van der Waals surface area (Å²) in [6.45, 7) is 1.29. The van der Waals surface area contributed by atoms with Gasteiger partial charge >= 0.3 is 0 Å². The van der Waals surface area contributed by atoms with E-state index in [0.29, 0.717) is 19.1 Å². The summed E-state index contributed by atoms with van der Waals surface area (Å²) >= 11 is 0. The molecule has 0 atom stereocenters. The Morgan fingerprint density at radius 2 is 1.88 bits per heavy atom. The van der Waals surface area contributed by atoms with Crippen LogP contribution in [0.15, 0.2) is 31.0 Å². The van der Waals surface area contributed by atoms with Crippen LogP contribution < -0.4 is 4.72 Å². The SMILES string of the molecule is O=S(=O)(NC1CCC(n2cc(-c3ccncn3)cn2)CC1)N1CCCC1. The lowest BCUT2D eigenvalue weighted by Gasteiger charge is -2.30. The minimum atomic E-state index is -3.33. The molecule has 2 aromatic rings. The third-order valence-electron chi connectivity index (χ3n) is 5.27. The van der Waals surface area contributed by atoms with Gasteiger partial charge in [-0.3, -0.25) is 4.68 Å². The van der Waals surface area contributed by atoms with Gasteiger partial charge in [-0.15, -0.1) is 0 Å². The summed E-state index contributed by atoms with van der Waals surface area (Å²) in [6, 6.07) is 2.19. The molecule has 0 aromatic carbocycles. The Labute approximate surface area is 153 Å². The van der Waals surface area contributed by atoms with E-state index in [1.54, 1.807) is 10.5 Å². The Kier molecular flexibility index (Phi) is 5.01. The van der Waals surface area contributed by atoms with E-state index in [0.717, 1.165) is 49.8 Å². The van der Waals surface area contributed by atoms with Crippen molar-refractivity contribution in [2.75, 3.05) is 13.1 Å². The molecule has 0 amide bonds. The van der Waals surface area contributed by atoms with Crippen molar-refractivity contribution in [1.29, 1.82) is 0 Å². The quantitative estimate of drug-likeness (QED) is 0.858. The van der Waals surface area contributed by atoms with Crippen molar-refractivity contribution in [2.45, 2.75) is 50.6 Å². The first-order valence-corrected chi connectivity index (χ1v) is 10.6. The second-order valence-corrected chi connectivity index (χ2v) is 8.74. The number of hydrogen-bond acceptors (Lipinski definition) is 5. The molecule has 26 heavy (non-hydrogen) atoms. The Morgan fingerprint density at radius 1 is 1.12 bits per heavy atom. The van der Waals surface area contributed by atoms with Crippen LogP contribution in [0.2, 0.25) is 0 Å². The number of rotatable bonds is 5. The highest BCUT2D eigenvalue weighted by Crippen LogP contribution is 2.30. The molecule has 2 aromatic heterocycles. The van der Waals surface area contributed by atoms with Crippen molar-refractivity contribution in [1.82, 2.24) is 28.8 Å². The lowest BCUT2D eigenvalue weighted by Crippen LogP contribution is -2.45. The minimum absolute atomic E-state index is 0.0220. The average molecular weight is 376 g/mol. The Bertz CT molecular complexity index is 824. The molecule has 9 heteroatoms. The van der Waals surface area contributed by atoms with Crippen molar-refractivity contribution in [3.8, 4) is 11.3 Å². The Morgan fingerprint density at radius 3 is 2.58 bits per heavy atom. The predicted octanol–water partition coefficient (Wildman–Crippen LogP) is 1.75. The van der Waals surface area contributed by atoms with E-state index >= 15 is 0 Å². The Balaban J connectivity index is 1.34. The second-order valence-electron chi connectivity index (χ2n) is 7.04. The fourth-order valence-electron chi connectivity index (χ4n) is 3.80. The van der Waals surface area contributed by atoms with Crippen LogP contribution in [0.3, 0.4) is 0 Å². The Hall–Kier alpha value is -1.84. The predicted molar refractivity (Wildman–Crippen MR) is 97.4 cm³/mol. The molecule has 2 fully saturated rings. The van der Waals surface area contributed by atoms with Crippen molar-refractivity contribution in [3.05, 3.63) is 31.0 Å². The molecule has 2 aliphatic rings. The number of nitrogens with zero attached hydrogens (tertiary/aromatic N) is 5. The van der Waals surface area contributed by atoms with Crippen molar-refractivity contribution >= 4 is 10.2 Å². The number of hydrogen-bond donors (Lipinski definition) is 1. The highest BCUT2D eigenvalue weighted by atomic mass is 32.2. The topological polar surface area (TPSA) is 93.0 Å². The van der Waals surface area contributed by atoms with E-state index in [9.17, 15) is 8.42 Å². The molecule has 140 valence electrons. The average Bonchev–Trinajstić information content (AvgIpc) is 3.35. The van der Waals surface area contributed by atoms with Gasteiger partial charge in [0.05, 0.1) is 17.9 Å². The second kappa shape index (κ2) is 7.42. The van der Waals surface area contributed by atoms with Crippen LogP contribution in [0, 0.1) is 0 Å². The summed E-state index contributed by atoms with van der Waals surface area (Å²) in [5.41, 5.74) is 1.84. The molecule has 1 saturated heterocycles. The van der Waals surface area contributed by atoms with Crippen LogP contribution in [0.4, 0.5) is 0 Å². The summed E-state index contributed by atoms with van der Waals surface area (Å²) in [6.07, 6.45) is 12.5. The summed E-state index contributed by atoms with van der Waals surface area (Å²) in [5.74, 6) is 0. The van der Waals surface area contributed by atoms with Crippen molar-refractivity contribution < 1.29 is 8.42 Å². The first-order chi connectivity index (χ1) is 12.6. The summed E-state index contributed by atoms with van der Waals surface area (Å²) in [4.78, 5) is 8.19. The largest absolute Gasteiger partial charge is 0.279 e. The van der Waals surface area contributed by atoms with Gasteiger partial charge in [-0.2, -0.15) is 22.5 Å². The van der Waals surface area contributed by atoms with E-state index in [4.69, 9.17) is 0 Å². The third-order valence-corrected chi connectivity index (χ3v) is 6.95. The molecule has 0 bridgehead atoms. The number of nitrogens with one attached hydrogen (secondary N) is 1. The maximum absolute atomic E-state index is 12.4.